The third-order valence-electron chi connectivity index (χ3n) is 7.04. The molecule has 2 aromatic carbocycles. The highest BCUT2D eigenvalue weighted by atomic mass is 16.5. The maximum absolute atomic E-state index is 13.2. The van der Waals surface area contributed by atoms with Crippen molar-refractivity contribution in [2.75, 3.05) is 20.2 Å². The van der Waals surface area contributed by atoms with Gasteiger partial charge < -0.3 is 9.47 Å². The van der Waals surface area contributed by atoms with E-state index in [1.807, 2.05) is 42.5 Å². The minimum Gasteiger partial charge on any atom is -0.497 e. The van der Waals surface area contributed by atoms with Gasteiger partial charge in [0.2, 0.25) is 0 Å². The van der Waals surface area contributed by atoms with Gasteiger partial charge in [-0.3, -0.25) is 9.88 Å². The lowest BCUT2D eigenvalue weighted by molar-refractivity contribution is -0.0568. The van der Waals surface area contributed by atoms with E-state index in [9.17, 15) is 4.79 Å². The highest BCUT2D eigenvalue weighted by Gasteiger charge is 2.44. The van der Waals surface area contributed by atoms with Crippen molar-refractivity contribution in [3.8, 4) is 5.75 Å². The zero-order valence-electron chi connectivity index (χ0n) is 18.3. The SMILES string of the molecule is C=C[C@H]1CN2CC[C@H]1C[C@H]2[C@@H](OC(=O)c1ccccc1)c1ccnc2ccc(OC)cc12. The number of methoxy groups -OCH3 is 1. The summed E-state index contributed by atoms with van der Waals surface area (Å²) < 4.78 is 11.8. The summed E-state index contributed by atoms with van der Waals surface area (Å²) in [5.74, 6) is 1.53. The summed E-state index contributed by atoms with van der Waals surface area (Å²) in [6.07, 6.45) is 5.64. The van der Waals surface area contributed by atoms with Gasteiger partial charge in [-0.1, -0.05) is 24.3 Å². The van der Waals surface area contributed by atoms with Crippen LogP contribution in [0.4, 0.5) is 0 Å². The topological polar surface area (TPSA) is 51.7 Å². The summed E-state index contributed by atoms with van der Waals surface area (Å²) in [4.78, 5) is 20.2. The number of ether oxygens (including phenoxy) is 2. The molecule has 3 aliphatic rings. The smallest absolute Gasteiger partial charge is 0.338 e. The maximum Gasteiger partial charge on any atom is 0.338 e. The summed E-state index contributed by atoms with van der Waals surface area (Å²) in [6, 6.07) is 17.2. The van der Waals surface area contributed by atoms with Crippen molar-refractivity contribution in [1.82, 2.24) is 9.88 Å². The van der Waals surface area contributed by atoms with Gasteiger partial charge in [-0.2, -0.15) is 0 Å². The lowest BCUT2D eigenvalue weighted by Gasteiger charge is -2.51. The largest absolute Gasteiger partial charge is 0.497 e. The van der Waals surface area contributed by atoms with Gasteiger partial charge in [0.1, 0.15) is 11.9 Å². The predicted molar refractivity (Wildman–Crippen MR) is 125 cm³/mol. The molecule has 5 nitrogen and oxygen atoms in total. The number of hydrogen-bond donors (Lipinski definition) is 0. The van der Waals surface area contributed by atoms with Crippen molar-refractivity contribution >= 4 is 16.9 Å². The van der Waals surface area contributed by atoms with Crippen LogP contribution in [0.25, 0.3) is 10.9 Å². The van der Waals surface area contributed by atoms with E-state index in [1.54, 1.807) is 25.4 Å². The molecule has 3 aromatic rings. The first-order chi connectivity index (χ1) is 15.7. The molecule has 0 radical (unpaired) electrons. The number of fused-ring (bicyclic) bond motifs is 4. The Bertz CT molecular complexity index is 1130. The molecule has 5 atom stereocenters. The Kier molecular flexibility index (Phi) is 5.66. The molecule has 3 saturated heterocycles. The molecule has 3 fully saturated rings. The van der Waals surface area contributed by atoms with Gasteiger partial charge in [-0.25, -0.2) is 4.79 Å². The molecule has 2 bridgehead atoms. The molecule has 0 spiro atoms. The number of pyridine rings is 1. The lowest BCUT2D eigenvalue weighted by atomic mass is 9.73. The van der Waals surface area contributed by atoms with Crippen molar-refractivity contribution in [1.29, 1.82) is 0 Å². The number of hydrogen-bond acceptors (Lipinski definition) is 5. The first-order valence-electron chi connectivity index (χ1n) is 11.2. The first kappa shape index (κ1) is 20.7. The summed E-state index contributed by atoms with van der Waals surface area (Å²) >= 11 is 0. The van der Waals surface area contributed by atoms with Crippen LogP contribution in [0.3, 0.4) is 0 Å². The molecule has 5 heteroatoms. The Hall–Kier alpha value is -3.18. The summed E-state index contributed by atoms with van der Waals surface area (Å²) in [6.45, 7) is 6.03. The second-order valence-corrected chi connectivity index (χ2v) is 8.72. The average Bonchev–Trinajstić information content (AvgIpc) is 2.87. The second-order valence-electron chi connectivity index (χ2n) is 8.72. The Morgan fingerprint density at radius 3 is 2.78 bits per heavy atom. The van der Waals surface area contributed by atoms with Crippen molar-refractivity contribution in [3.05, 3.63) is 84.6 Å². The molecule has 0 amide bonds. The molecule has 0 N–H and O–H groups in total. The van der Waals surface area contributed by atoms with Crippen LogP contribution in [0.2, 0.25) is 0 Å². The average molecular weight is 429 g/mol. The van der Waals surface area contributed by atoms with E-state index in [4.69, 9.17) is 9.47 Å². The molecule has 6 rings (SSSR count). The van der Waals surface area contributed by atoms with E-state index in [0.717, 1.165) is 48.1 Å². The van der Waals surface area contributed by atoms with Crippen molar-refractivity contribution in [3.63, 3.8) is 0 Å². The Balaban J connectivity index is 1.57. The van der Waals surface area contributed by atoms with Crippen LogP contribution in [0.15, 0.2) is 73.4 Å². The number of rotatable bonds is 6. The van der Waals surface area contributed by atoms with Crippen molar-refractivity contribution in [2.24, 2.45) is 11.8 Å². The fraction of sp³-hybridized carbons (Fsp3) is 0.333. The van der Waals surface area contributed by atoms with Gasteiger partial charge in [0, 0.05) is 23.7 Å². The molecule has 4 heterocycles. The fourth-order valence-corrected chi connectivity index (χ4v) is 5.32. The van der Waals surface area contributed by atoms with Gasteiger partial charge in [0.05, 0.1) is 24.2 Å². The lowest BCUT2D eigenvalue weighted by Crippen LogP contribution is -2.55. The Labute approximate surface area is 188 Å². The number of aromatic nitrogens is 1. The Morgan fingerprint density at radius 2 is 2.06 bits per heavy atom. The molecule has 32 heavy (non-hydrogen) atoms. The van der Waals surface area contributed by atoms with E-state index in [0.29, 0.717) is 17.4 Å². The molecule has 0 aliphatic carbocycles. The van der Waals surface area contributed by atoms with Crippen LogP contribution in [-0.2, 0) is 4.74 Å². The number of carbonyl (C=O) groups is 1. The van der Waals surface area contributed by atoms with Crippen molar-refractivity contribution in [2.45, 2.75) is 25.0 Å². The van der Waals surface area contributed by atoms with Gasteiger partial charge in [0.15, 0.2) is 0 Å². The fourth-order valence-electron chi connectivity index (χ4n) is 5.32. The number of benzene rings is 2. The van der Waals surface area contributed by atoms with E-state index in [2.05, 4.69) is 22.5 Å². The van der Waals surface area contributed by atoms with Crippen LogP contribution >= 0.6 is 0 Å². The maximum atomic E-state index is 13.2. The number of esters is 1. The van der Waals surface area contributed by atoms with Gasteiger partial charge >= 0.3 is 5.97 Å². The standard InChI is InChI=1S/C27H28N2O3/c1-3-18-17-29-14-12-20(18)15-25(29)26(32-27(30)19-7-5-4-6-8-19)22-11-13-28-24-10-9-21(31-2)16-23(22)24/h3-11,13,16,18,20,25-26H,1,12,14-15,17H2,2H3/t18-,20-,25-,26-/m0/s1. The van der Waals surface area contributed by atoms with Crippen LogP contribution < -0.4 is 4.74 Å². The summed E-state index contributed by atoms with van der Waals surface area (Å²) in [5, 5.41) is 0.959. The van der Waals surface area contributed by atoms with E-state index in [-0.39, 0.29) is 12.0 Å². The summed E-state index contributed by atoms with van der Waals surface area (Å²) in [5.41, 5.74) is 2.41. The van der Waals surface area contributed by atoms with E-state index >= 15 is 0 Å². The van der Waals surface area contributed by atoms with Crippen LogP contribution in [0, 0.1) is 11.8 Å². The monoisotopic (exact) mass is 428 g/mol. The predicted octanol–water partition coefficient (Wildman–Crippen LogP) is 5.04. The molecule has 1 aromatic heterocycles. The number of nitrogens with zero attached hydrogens (tertiary/aromatic N) is 2. The number of carbonyl (C=O) groups excluding carboxylic acids is 1. The minimum atomic E-state index is -0.395. The quantitative estimate of drug-likeness (QED) is 0.407. The first-order valence-corrected chi connectivity index (χ1v) is 11.2. The van der Waals surface area contributed by atoms with Gasteiger partial charge in [0.25, 0.3) is 0 Å². The minimum absolute atomic E-state index is 0.120. The normalized spacial score (nSPS) is 25.3. The summed E-state index contributed by atoms with van der Waals surface area (Å²) in [7, 11) is 1.66. The van der Waals surface area contributed by atoms with Gasteiger partial charge in [-0.05, 0) is 67.6 Å². The molecule has 3 aliphatic heterocycles. The molecule has 164 valence electrons. The molecule has 1 unspecified atom stereocenters. The zero-order valence-corrected chi connectivity index (χ0v) is 18.3. The third-order valence-corrected chi connectivity index (χ3v) is 7.04. The highest BCUT2D eigenvalue weighted by molar-refractivity contribution is 5.90. The van der Waals surface area contributed by atoms with Crippen molar-refractivity contribution < 1.29 is 14.3 Å². The third kappa shape index (κ3) is 3.78. The van der Waals surface area contributed by atoms with E-state index < -0.39 is 6.10 Å². The zero-order chi connectivity index (χ0) is 22.1. The molecule has 0 saturated carbocycles. The van der Waals surface area contributed by atoms with E-state index in [1.165, 1.54) is 0 Å². The second kappa shape index (κ2) is 8.75. The van der Waals surface area contributed by atoms with Gasteiger partial charge in [-0.15, -0.1) is 6.58 Å². The highest BCUT2D eigenvalue weighted by Crippen LogP contribution is 2.43. The Morgan fingerprint density at radius 1 is 1.22 bits per heavy atom. The number of piperidine rings is 3. The van der Waals surface area contributed by atoms with Crippen LogP contribution in [0.5, 0.6) is 5.75 Å². The molecular formula is C27H28N2O3. The van der Waals surface area contributed by atoms with Crippen LogP contribution in [0.1, 0.15) is 34.9 Å². The van der Waals surface area contributed by atoms with Crippen LogP contribution in [-0.4, -0.2) is 42.1 Å². The molecular weight excluding hydrogens is 400 g/mol.